The van der Waals surface area contributed by atoms with Gasteiger partial charge in [0.1, 0.15) is 33.9 Å². The van der Waals surface area contributed by atoms with Crippen molar-refractivity contribution >= 4 is 53.8 Å². The van der Waals surface area contributed by atoms with E-state index in [-0.39, 0.29) is 33.3 Å². The first kappa shape index (κ1) is 38.1. The Balaban J connectivity index is 1.86. The van der Waals surface area contributed by atoms with Crippen LogP contribution >= 0.6 is 11.8 Å². The van der Waals surface area contributed by atoms with E-state index < -0.39 is 37.3 Å². The fourth-order valence-electron chi connectivity index (χ4n) is 4.55. The molecule has 262 valence electrons. The molecular weight excluding hydrogens is 661 g/mol. The Bertz CT molecular complexity index is 1530. The predicted molar refractivity (Wildman–Crippen MR) is 199 cm³/mol. The lowest BCUT2D eigenvalue weighted by Gasteiger charge is -2.44. The topological polar surface area (TPSA) is 119 Å². The molecule has 14 heteroatoms. The number of hydrogen-bond donors (Lipinski definition) is 1. The van der Waals surface area contributed by atoms with Gasteiger partial charge in [0.2, 0.25) is 5.95 Å². The molecule has 0 unspecified atom stereocenters. The lowest BCUT2D eigenvalue weighted by atomic mass is 10.1. The number of nitrogens with two attached hydrogens (primary N) is 1. The van der Waals surface area contributed by atoms with Crippen LogP contribution in [0.25, 0.3) is 11.2 Å². The highest BCUT2D eigenvalue weighted by molar-refractivity contribution is 7.99. The molecule has 0 aliphatic carbocycles. The summed E-state index contributed by atoms with van der Waals surface area (Å²) in [6, 6.07) is 5.76. The minimum absolute atomic E-state index is 0.0155. The number of ether oxygens (including phenoxy) is 1. The van der Waals surface area contributed by atoms with Crippen LogP contribution in [0.3, 0.4) is 0 Å². The van der Waals surface area contributed by atoms with Crippen molar-refractivity contribution in [2.24, 2.45) is 0 Å². The van der Waals surface area contributed by atoms with Crippen LogP contribution in [0.15, 0.2) is 40.8 Å². The number of anilines is 1. The van der Waals surface area contributed by atoms with E-state index in [2.05, 4.69) is 112 Å². The van der Waals surface area contributed by atoms with Gasteiger partial charge in [-0.15, -0.1) is 0 Å². The zero-order chi connectivity index (χ0) is 35.4. The summed E-state index contributed by atoms with van der Waals surface area (Å²) in [5.41, 5.74) is 7.54. The molecule has 3 aromatic rings. The first-order valence-corrected chi connectivity index (χ1v) is 26.1. The van der Waals surface area contributed by atoms with Crippen molar-refractivity contribution in [3.8, 4) is 0 Å². The molecule has 0 saturated carbocycles. The molecule has 4 rings (SSSR count). The first-order chi connectivity index (χ1) is 21.3. The molecule has 4 heterocycles. The molecule has 0 amide bonds. The largest absolute Gasteiger partial charge is 0.414 e. The fraction of sp³-hybridized carbons (Fsp3) is 0.697. The minimum Gasteiger partial charge on any atom is -0.414 e. The summed E-state index contributed by atoms with van der Waals surface area (Å²) >= 11 is 1.41. The van der Waals surface area contributed by atoms with Crippen molar-refractivity contribution in [3.05, 3.63) is 30.7 Å². The smallest absolute Gasteiger partial charge is 0.223 e. The highest BCUT2D eigenvalue weighted by Crippen LogP contribution is 2.47. The zero-order valence-electron chi connectivity index (χ0n) is 31.3. The molecule has 3 aromatic heterocycles. The van der Waals surface area contributed by atoms with Gasteiger partial charge < -0.3 is 23.7 Å². The SMILES string of the molecule is CC(C)(C)[Si](C)(C)OC[C@H]1O[C@@H](n2cnc3c(Sc4ccccn4)nc(N)nc32)[C@H](O[Si](C)(C)C(C)(C)C)[C@@H]1O[Si](C)(C)C(C)(C)C. The summed E-state index contributed by atoms with van der Waals surface area (Å²) in [6.45, 7) is 34.4. The van der Waals surface area contributed by atoms with Crippen molar-refractivity contribution in [2.75, 3.05) is 12.3 Å². The Kier molecular flexibility index (Phi) is 10.7. The zero-order valence-corrected chi connectivity index (χ0v) is 35.1. The molecule has 0 bridgehead atoms. The van der Waals surface area contributed by atoms with Gasteiger partial charge >= 0.3 is 0 Å². The third-order valence-corrected chi connectivity index (χ3v) is 25.1. The molecule has 1 saturated heterocycles. The van der Waals surface area contributed by atoms with Crippen molar-refractivity contribution in [1.29, 1.82) is 0 Å². The second kappa shape index (κ2) is 13.2. The Morgan fingerprint density at radius 3 is 1.91 bits per heavy atom. The molecule has 0 aromatic carbocycles. The van der Waals surface area contributed by atoms with Gasteiger partial charge in [-0.05, 0) is 78.3 Å². The highest BCUT2D eigenvalue weighted by atomic mass is 32.2. The van der Waals surface area contributed by atoms with Crippen molar-refractivity contribution < 1.29 is 18.0 Å². The van der Waals surface area contributed by atoms with Crippen LogP contribution in [0.2, 0.25) is 54.4 Å². The Morgan fingerprint density at radius 1 is 0.809 bits per heavy atom. The van der Waals surface area contributed by atoms with Gasteiger partial charge in [-0.2, -0.15) is 4.98 Å². The minimum atomic E-state index is -2.33. The summed E-state index contributed by atoms with van der Waals surface area (Å²) in [5.74, 6) is 0.157. The Hall–Kier alpha value is -1.66. The van der Waals surface area contributed by atoms with Crippen LogP contribution < -0.4 is 5.73 Å². The predicted octanol–water partition coefficient (Wildman–Crippen LogP) is 8.65. The van der Waals surface area contributed by atoms with Crippen molar-refractivity contribution in [2.45, 2.75) is 151 Å². The second-order valence-electron chi connectivity index (χ2n) is 17.3. The first-order valence-electron chi connectivity index (χ1n) is 16.6. The maximum absolute atomic E-state index is 7.33. The lowest BCUT2D eigenvalue weighted by molar-refractivity contribution is -0.0470. The van der Waals surface area contributed by atoms with Gasteiger partial charge in [-0.1, -0.05) is 68.4 Å². The number of rotatable bonds is 10. The van der Waals surface area contributed by atoms with Crippen LogP contribution in [0.4, 0.5) is 5.95 Å². The van der Waals surface area contributed by atoms with E-state index in [1.165, 1.54) is 11.8 Å². The summed E-state index contributed by atoms with van der Waals surface area (Å²) in [7, 11) is -6.71. The van der Waals surface area contributed by atoms with Crippen LogP contribution in [0.1, 0.15) is 68.5 Å². The molecule has 10 nitrogen and oxygen atoms in total. The number of nitrogen functional groups attached to an aromatic ring is 1. The van der Waals surface area contributed by atoms with E-state index in [4.69, 9.17) is 33.7 Å². The van der Waals surface area contributed by atoms with E-state index in [9.17, 15) is 0 Å². The van der Waals surface area contributed by atoms with Crippen molar-refractivity contribution in [3.63, 3.8) is 0 Å². The maximum atomic E-state index is 7.33. The average Bonchev–Trinajstić information content (AvgIpc) is 3.47. The van der Waals surface area contributed by atoms with Crippen LogP contribution in [0.5, 0.6) is 0 Å². The van der Waals surface area contributed by atoms with E-state index in [1.54, 1.807) is 12.5 Å². The molecule has 0 spiro atoms. The standard InChI is InChI=1S/C33H58N6O4SSi3/c1-31(2,3)45(10,11)40-20-22-25(42-46(12,13)32(4,5)6)26(43-47(14,15)33(7,8)9)29(41-22)39-21-36-24-27(39)37-30(34)38-28(24)44-23-18-16-17-19-35-23/h16-19,21-22,25-26,29H,20H2,1-15H3,(H2,34,37,38)/t22-,25-,26-,29-/m1/s1. The molecule has 0 radical (unpaired) electrons. The monoisotopic (exact) mass is 718 g/mol. The maximum Gasteiger partial charge on any atom is 0.223 e. The normalized spacial score (nSPS) is 21.9. The highest BCUT2D eigenvalue weighted by Gasteiger charge is 2.55. The quantitative estimate of drug-likeness (QED) is 0.161. The van der Waals surface area contributed by atoms with E-state index >= 15 is 0 Å². The summed E-state index contributed by atoms with van der Waals surface area (Å²) in [5, 5.41) is 1.43. The van der Waals surface area contributed by atoms with Crippen LogP contribution in [-0.4, -0.2) is 74.4 Å². The molecule has 4 atom stereocenters. The van der Waals surface area contributed by atoms with Gasteiger partial charge in [-0.3, -0.25) is 4.57 Å². The number of aromatic nitrogens is 5. The third-order valence-electron chi connectivity index (χ3n) is 10.7. The van der Waals surface area contributed by atoms with E-state index in [0.29, 0.717) is 22.8 Å². The van der Waals surface area contributed by atoms with Gasteiger partial charge in [0.05, 0.1) is 12.9 Å². The van der Waals surface area contributed by atoms with Crippen LogP contribution in [-0.2, 0) is 18.0 Å². The van der Waals surface area contributed by atoms with Gasteiger partial charge in [0, 0.05) is 6.20 Å². The molecule has 2 N–H and O–H groups in total. The molecule has 1 fully saturated rings. The second-order valence-corrected chi connectivity index (χ2v) is 32.6. The summed E-state index contributed by atoms with van der Waals surface area (Å²) < 4.78 is 30.5. The Labute approximate surface area is 289 Å². The third kappa shape index (κ3) is 8.22. The molecule has 1 aliphatic rings. The number of hydrogen-bond acceptors (Lipinski definition) is 10. The van der Waals surface area contributed by atoms with Gasteiger partial charge in [0.15, 0.2) is 36.8 Å². The number of nitrogens with zero attached hydrogens (tertiary/aromatic N) is 5. The number of pyridine rings is 1. The fourth-order valence-corrected chi connectivity index (χ4v) is 9.00. The Morgan fingerprint density at radius 2 is 1.38 bits per heavy atom. The average molecular weight is 719 g/mol. The molecule has 47 heavy (non-hydrogen) atoms. The van der Waals surface area contributed by atoms with Crippen molar-refractivity contribution in [1.82, 2.24) is 24.5 Å². The lowest BCUT2D eigenvalue weighted by Crippen LogP contribution is -2.54. The molecule has 1 aliphatic heterocycles. The number of fused-ring (bicyclic) bond motifs is 1. The number of imidazole rings is 1. The van der Waals surface area contributed by atoms with E-state index in [1.807, 2.05) is 22.8 Å². The summed E-state index contributed by atoms with van der Waals surface area (Å²) in [4.78, 5) is 18.5. The summed E-state index contributed by atoms with van der Waals surface area (Å²) in [6.07, 6.45) is 1.80. The van der Waals surface area contributed by atoms with Crippen LogP contribution in [0, 0.1) is 0 Å². The van der Waals surface area contributed by atoms with Gasteiger partial charge in [-0.25, -0.2) is 15.0 Å². The van der Waals surface area contributed by atoms with E-state index in [0.717, 1.165) is 5.03 Å². The molecular formula is C33H58N6O4SSi3. The van der Waals surface area contributed by atoms with Gasteiger partial charge in [0.25, 0.3) is 0 Å².